The molecule has 0 aliphatic carbocycles. The molecule has 2 heterocycles. The molecule has 1 aliphatic rings. The van der Waals surface area contributed by atoms with E-state index in [1.54, 1.807) is 4.68 Å². The number of nitrogens with zero attached hydrogens (tertiary/aromatic N) is 2. The Morgan fingerprint density at radius 1 is 1.30 bits per heavy atom. The van der Waals surface area contributed by atoms with Gasteiger partial charge in [-0.15, -0.1) is 0 Å². The van der Waals surface area contributed by atoms with Crippen LogP contribution in [0.15, 0.2) is 18.2 Å². The number of hydrogen-bond acceptors (Lipinski definition) is 5. The molecule has 106 valence electrons. The van der Waals surface area contributed by atoms with Gasteiger partial charge in [0.1, 0.15) is 13.2 Å². The van der Waals surface area contributed by atoms with Crippen LogP contribution in [0.4, 0.5) is 17.2 Å². The molecule has 0 spiro atoms. The number of benzene rings is 1. The molecule has 0 amide bonds. The molecular weight excluding hydrogens is 256 g/mol. The zero-order valence-electron chi connectivity index (χ0n) is 11.6. The van der Waals surface area contributed by atoms with Crippen LogP contribution in [-0.2, 0) is 13.5 Å². The summed E-state index contributed by atoms with van der Waals surface area (Å²) in [7, 11) is 1.87. The molecule has 0 unspecified atom stereocenters. The van der Waals surface area contributed by atoms with Gasteiger partial charge in [-0.2, -0.15) is 5.10 Å². The summed E-state index contributed by atoms with van der Waals surface area (Å²) in [5.74, 6) is 2.31. The van der Waals surface area contributed by atoms with Gasteiger partial charge in [-0.1, -0.05) is 6.92 Å². The first-order valence-electron chi connectivity index (χ1n) is 6.67. The van der Waals surface area contributed by atoms with Crippen LogP contribution >= 0.6 is 0 Å². The molecule has 0 atom stereocenters. The highest BCUT2D eigenvalue weighted by molar-refractivity contribution is 5.72. The number of aryl methyl sites for hydroxylation is 2. The highest BCUT2D eigenvalue weighted by Crippen LogP contribution is 2.34. The lowest BCUT2D eigenvalue weighted by molar-refractivity contribution is 0.171. The van der Waals surface area contributed by atoms with E-state index in [1.807, 2.05) is 32.2 Å². The third-order valence-electron chi connectivity index (χ3n) is 3.30. The highest BCUT2D eigenvalue weighted by Gasteiger charge is 2.15. The lowest BCUT2D eigenvalue weighted by atomic mass is 10.2. The maximum Gasteiger partial charge on any atom is 0.163 e. The van der Waals surface area contributed by atoms with Crippen LogP contribution < -0.4 is 20.5 Å². The number of nitrogen functional groups attached to an aromatic ring is 1. The van der Waals surface area contributed by atoms with E-state index in [0.29, 0.717) is 18.9 Å². The lowest BCUT2D eigenvalue weighted by Gasteiger charge is -2.19. The summed E-state index contributed by atoms with van der Waals surface area (Å²) in [6, 6.07) is 5.74. The first kappa shape index (κ1) is 12.7. The van der Waals surface area contributed by atoms with Crippen LogP contribution in [0, 0.1) is 0 Å². The Balaban J connectivity index is 1.90. The van der Waals surface area contributed by atoms with E-state index in [4.69, 9.17) is 15.2 Å². The maximum atomic E-state index is 6.10. The van der Waals surface area contributed by atoms with Crippen molar-refractivity contribution in [3.63, 3.8) is 0 Å². The number of ether oxygens (including phenoxy) is 2. The Hall–Kier alpha value is -2.37. The molecule has 0 saturated heterocycles. The van der Waals surface area contributed by atoms with Crippen LogP contribution in [0.2, 0.25) is 0 Å². The maximum absolute atomic E-state index is 6.10. The number of aromatic nitrogens is 2. The minimum atomic E-state index is 0.574. The summed E-state index contributed by atoms with van der Waals surface area (Å²) >= 11 is 0. The standard InChI is InChI=1S/C14H18N4O2/c1-3-10-13(15)14(18(2)17-10)16-9-4-5-11-12(8-9)20-7-6-19-11/h4-5,8,16H,3,6-7,15H2,1-2H3. The summed E-state index contributed by atoms with van der Waals surface area (Å²) in [5, 5.41) is 7.67. The van der Waals surface area contributed by atoms with Crippen molar-refractivity contribution >= 4 is 17.2 Å². The van der Waals surface area contributed by atoms with Gasteiger partial charge in [0.2, 0.25) is 0 Å². The molecule has 0 saturated carbocycles. The highest BCUT2D eigenvalue weighted by atomic mass is 16.6. The van der Waals surface area contributed by atoms with E-state index in [2.05, 4.69) is 10.4 Å². The monoisotopic (exact) mass is 274 g/mol. The fourth-order valence-electron chi connectivity index (χ4n) is 2.26. The molecule has 1 aromatic carbocycles. The van der Waals surface area contributed by atoms with E-state index in [0.717, 1.165) is 35.1 Å². The van der Waals surface area contributed by atoms with Gasteiger partial charge in [0.05, 0.1) is 11.4 Å². The number of nitrogens with one attached hydrogen (secondary N) is 1. The van der Waals surface area contributed by atoms with Crippen molar-refractivity contribution in [1.29, 1.82) is 0 Å². The Morgan fingerprint density at radius 2 is 2.05 bits per heavy atom. The molecule has 0 fully saturated rings. The zero-order chi connectivity index (χ0) is 14.1. The molecule has 0 radical (unpaired) electrons. The van der Waals surface area contributed by atoms with Gasteiger partial charge < -0.3 is 20.5 Å². The molecule has 3 rings (SSSR count). The van der Waals surface area contributed by atoms with Crippen LogP contribution in [0.5, 0.6) is 11.5 Å². The van der Waals surface area contributed by atoms with Crippen molar-refractivity contribution in [3.05, 3.63) is 23.9 Å². The van der Waals surface area contributed by atoms with Gasteiger partial charge in [0, 0.05) is 18.8 Å². The van der Waals surface area contributed by atoms with E-state index in [9.17, 15) is 0 Å². The largest absolute Gasteiger partial charge is 0.486 e. The summed E-state index contributed by atoms with van der Waals surface area (Å²) in [6.45, 7) is 3.20. The number of rotatable bonds is 3. The molecule has 0 bridgehead atoms. The fourth-order valence-corrected chi connectivity index (χ4v) is 2.26. The lowest BCUT2D eigenvalue weighted by Crippen LogP contribution is -2.15. The number of nitrogens with two attached hydrogens (primary N) is 1. The molecule has 2 aromatic rings. The summed E-state index contributed by atoms with van der Waals surface area (Å²) < 4.78 is 12.8. The Labute approximate surface area is 117 Å². The molecule has 3 N–H and O–H groups in total. The van der Waals surface area contributed by atoms with Gasteiger partial charge in [-0.05, 0) is 18.6 Å². The van der Waals surface area contributed by atoms with Crippen LogP contribution in [0.1, 0.15) is 12.6 Å². The quantitative estimate of drug-likeness (QED) is 0.896. The van der Waals surface area contributed by atoms with Gasteiger partial charge in [0.15, 0.2) is 17.3 Å². The second-order valence-corrected chi connectivity index (χ2v) is 4.67. The molecule has 6 nitrogen and oxygen atoms in total. The topological polar surface area (TPSA) is 74.3 Å². The SMILES string of the molecule is CCc1nn(C)c(Nc2ccc3c(c2)OCCO3)c1N. The van der Waals surface area contributed by atoms with Crippen molar-refractivity contribution in [2.75, 3.05) is 24.3 Å². The van der Waals surface area contributed by atoms with E-state index in [-0.39, 0.29) is 0 Å². The fraction of sp³-hybridized carbons (Fsp3) is 0.357. The van der Waals surface area contributed by atoms with Gasteiger partial charge in [0.25, 0.3) is 0 Å². The smallest absolute Gasteiger partial charge is 0.163 e. The Kier molecular flexibility index (Phi) is 3.14. The van der Waals surface area contributed by atoms with Crippen molar-refractivity contribution in [3.8, 4) is 11.5 Å². The third-order valence-corrected chi connectivity index (χ3v) is 3.30. The normalized spacial score (nSPS) is 13.3. The van der Waals surface area contributed by atoms with E-state index < -0.39 is 0 Å². The number of fused-ring (bicyclic) bond motifs is 1. The van der Waals surface area contributed by atoms with Crippen molar-refractivity contribution in [1.82, 2.24) is 9.78 Å². The second-order valence-electron chi connectivity index (χ2n) is 4.67. The Morgan fingerprint density at radius 3 is 2.75 bits per heavy atom. The van der Waals surface area contributed by atoms with Crippen molar-refractivity contribution < 1.29 is 9.47 Å². The van der Waals surface area contributed by atoms with Crippen LogP contribution in [0.25, 0.3) is 0 Å². The molecule has 20 heavy (non-hydrogen) atoms. The second kappa shape index (κ2) is 4.96. The average Bonchev–Trinajstić information content (AvgIpc) is 2.74. The molecule has 6 heteroatoms. The molecular formula is C14H18N4O2. The minimum absolute atomic E-state index is 0.574. The van der Waals surface area contributed by atoms with Gasteiger partial charge >= 0.3 is 0 Å². The summed E-state index contributed by atoms with van der Waals surface area (Å²) in [6.07, 6.45) is 0.808. The van der Waals surface area contributed by atoms with Crippen molar-refractivity contribution in [2.24, 2.45) is 7.05 Å². The summed E-state index contributed by atoms with van der Waals surface area (Å²) in [5.41, 5.74) is 8.57. The van der Waals surface area contributed by atoms with Gasteiger partial charge in [-0.25, -0.2) is 0 Å². The summed E-state index contributed by atoms with van der Waals surface area (Å²) in [4.78, 5) is 0. The number of hydrogen-bond donors (Lipinski definition) is 2. The first-order chi connectivity index (χ1) is 9.69. The van der Waals surface area contributed by atoms with Gasteiger partial charge in [-0.3, -0.25) is 4.68 Å². The van der Waals surface area contributed by atoms with E-state index in [1.165, 1.54) is 0 Å². The first-order valence-corrected chi connectivity index (χ1v) is 6.67. The zero-order valence-corrected chi connectivity index (χ0v) is 11.6. The minimum Gasteiger partial charge on any atom is -0.486 e. The predicted octanol–water partition coefficient (Wildman–Crippen LogP) is 2.08. The van der Waals surface area contributed by atoms with Crippen molar-refractivity contribution in [2.45, 2.75) is 13.3 Å². The van der Waals surface area contributed by atoms with Crippen LogP contribution in [-0.4, -0.2) is 23.0 Å². The Bertz CT molecular complexity index is 636. The van der Waals surface area contributed by atoms with Crippen LogP contribution in [0.3, 0.4) is 0 Å². The van der Waals surface area contributed by atoms with E-state index >= 15 is 0 Å². The predicted molar refractivity (Wildman–Crippen MR) is 77.7 cm³/mol. The molecule has 1 aliphatic heterocycles. The third kappa shape index (κ3) is 2.13. The average molecular weight is 274 g/mol. The molecule has 1 aromatic heterocycles. The number of anilines is 3.